The second-order valence-electron chi connectivity index (χ2n) is 4.82. The number of rotatable bonds is 2. The highest BCUT2D eigenvalue weighted by atomic mass is 19.1. The van der Waals surface area contributed by atoms with Gasteiger partial charge in [0.15, 0.2) is 11.6 Å². The number of phenolic OH excluding ortho intramolecular Hbond substituents is 1. The largest absolute Gasteiger partial charge is 0.505 e. The van der Waals surface area contributed by atoms with Crippen LogP contribution in [0.5, 0.6) is 5.75 Å². The third kappa shape index (κ3) is 1.69. The first kappa shape index (κ1) is 11.4. The Hall–Kier alpha value is -1.09. The quantitative estimate of drug-likeness (QED) is 0.809. The van der Waals surface area contributed by atoms with Crippen LogP contribution in [0.1, 0.15) is 36.8 Å². The summed E-state index contributed by atoms with van der Waals surface area (Å²) >= 11 is 0. The average Bonchev–Trinajstić information content (AvgIpc) is 2.75. The molecule has 88 valence electrons. The van der Waals surface area contributed by atoms with E-state index >= 15 is 0 Å². The SMILES string of the molecule is Cc1cc(C2(CN)CCCC2)cc(O)c1F. The summed E-state index contributed by atoms with van der Waals surface area (Å²) in [5, 5.41) is 9.54. The first-order valence-corrected chi connectivity index (χ1v) is 5.79. The summed E-state index contributed by atoms with van der Waals surface area (Å²) in [6.45, 7) is 2.25. The first-order valence-electron chi connectivity index (χ1n) is 5.79. The summed E-state index contributed by atoms with van der Waals surface area (Å²) in [4.78, 5) is 0. The summed E-state index contributed by atoms with van der Waals surface area (Å²) in [7, 11) is 0. The van der Waals surface area contributed by atoms with Gasteiger partial charge in [-0.3, -0.25) is 0 Å². The van der Waals surface area contributed by atoms with Crippen LogP contribution in [0.2, 0.25) is 0 Å². The van der Waals surface area contributed by atoms with E-state index in [4.69, 9.17) is 5.73 Å². The van der Waals surface area contributed by atoms with Gasteiger partial charge in [-0.1, -0.05) is 18.9 Å². The Labute approximate surface area is 95.3 Å². The van der Waals surface area contributed by atoms with Crippen LogP contribution in [0.15, 0.2) is 12.1 Å². The fourth-order valence-corrected chi connectivity index (χ4v) is 2.72. The molecule has 0 radical (unpaired) electrons. The molecule has 0 aliphatic heterocycles. The summed E-state index contributed by atoms with van der Waals surface area (Å²) in [6.07, 6.45) is 4.39. The molecule has 1 fully saturated rings. The van der Waals surface area contributed by atoms with E-state index in [-0.39, 0.29) is 11.2 Å². The molecule has 1 aromatic carbocycles. The molecule has 2 rings (SSSR count). The number of aryl methyl sites for hydroxylation is 1. The Balaban J connectivity index is 2.47. The van der Waals surface area contributed by atoms with E-state index in [1.807, 2.05) is 6.07 Å². The van der Waals surface area contributed by atoms with Crippen LogP contribution in [0, 0.1) is 12.7 Å². The van der Waals surface area contributed by atoms with Gasteiger partial charge in [0, 0.05) is 12.0 Å². The van der Waals surface area contributed by atoms with E-state index in [9.17, 15) is 9.50 Å². The third-order valence-electron chi connectivity index (χ3n) is 3.80. The molecule has 1 aliphatic carbocycles. The third-order valence-corrected chi connectivity index (χ3v) is 3.80. The predicted molar refractivity (Wildman–Crippen MR) is 62.0 cm³/mol. The summed E-state index contributed by atoms with van der Waals surface area (Å²) < 4.78 is 13.3. The topological polar surface area (TPSA) is 46.2 Å². The monoisotopic (exact) mass is 223 g/mol. The zero-order valence-electron chi connectivity index (χ0n) is 9.59. The molecule has 2 nitrogen and oxygen atoms in total. The van der Waals surface area contributed by atoms with Gasteiger partial charge in [-0.2, -0.15) is 0 Å². The van der Waals surface area contributed by atoms with E-state index in [1.54, 1.807) is 13.0 Å². The number of phenols is 1. The maximum Gasteiger partial charge on any atom is 0.167 e. The Morgan fingerprint density at radius 3 is 2.50 bits per heavy atom. The second-order valence-corrected chi connectivity index (χ2v) is 4.82. The Morgan fingerprint density at radius 1 is 1.38 bits per heavy atom. The lowest BCUT2D eigenvalue weighted by Gasteiger charge is -2.28. The van der Waals surface area contributed by atoms with Gasteiger partial charge in [0.1, 0.15) is 0 Å². The predicted octanol–water partition coefficient (Wildman–Crippen LogP) is 2.61. The van der Waals surface area contributed by atoms with Gasteiger partial charge in [0.05, 0.1) is 0 Å². The molecule has 16 heavy (non-hydrogen) atoms. The summed E-state index contributed by atoms with van der Waals surface area (Å²) in [6, 6.07) is 3.37. The van der Waals surface area contributed by atoms with Crippen LogP contribution >= 0.6 is 0 Å². The molecule has 0 bridgehead atoms. The van der Waals surface area contributed by atoms with Crippen LogP contribution in [0.25, 0.3) is 0 Å². The molecule has 1 aliphatic rings. The molecule has 1 saturated carbocycles. The minimum Gasteiger partial charge on any atom is -0.505 e. The maximum absolute atomic E-state index is 13.3. The molecular weight excluding hydrogens is 205 g/mol. The van der Waals surface area contributed by atoms with Gasteiger partial charge in [0.25, 0.3) is 0 Å². The van der Waals surface area contributed by atoms with Gasteiger partial charge < -0.3 is 10.8 Å². The summed E-state index contributed by atoms with van der Waals surface area (Å²) in [5.41, 5.74) is 7.30. The molecular formula is C13H18FNO. The van der Waals surface area contributed by atoms with E-state index < -0.39 is 5.82 Å². The van der Waals surface area contributed by atoms with Gasteiger partial charge >= 0.3 is 0 Å². The van der Waals surface area contributed by atoms with Crippen LogP contribution < -0.4 is 5.73 Å². The van der Waals surface area contributed by atoms with Crippen molar-refractivity contribution < 1.29 is 9.50 Å². The molecule has 0 spiro atoms. The second kappa shape index (κ2) is 4.06. The van der Waals surface area contributed by atoms with Gasteiger partial charge in [0.2, 0.25) is 0 Å². The molecule has 0 atom stereocenters. The normalized spacial score (nSPS) is 18.9. The maximum atomic E-state index is 13.3. The zero-order chi connectivity index (χ0) is 11.8. The molecule has 0 amide bonds. The van der Waals surface area contributed by atoms with E-state index in [2.05, 4.69) is 0 Å². The van der Waals surface area contributed by atoms with Crippen LogP contribution in [-0.4, -0.2) is 11.7 Å². The lowest BCUT2D eigenvalue weighted by molar-refractivity contribution is 0.416. The highest BCUT2D eigenvalue weighted by molar-refractivity contribution is 5.39. The van der Waals surface area contributed by atoms with Crippen molar-refractivity contribution in [3.8, 4) is 5.75 Å². The molecule has 0 heterocycles. The molecule has 1 aromatic rings. The summed E-state index contributed by atoms with van der Waals surface area (Å²) in [5.74, 6) is -0.774. The van der Waals surface area contributed by atoms with Crippen LogP contribution in [0.3, 0.4) is 0 Å². The van der Waals surface area contributed by atoms with E-state index in [0.717, 1.165) is 31.2 Å². The van der Waals surface area contributed by atoms with Crippen molar-refractivity contribution in [3.63, 3.8) is 0 Å². The van der Waals surface area contributed by atoms with Crippen molar-refractivity contribution in [2.24, 2.45) is 5.73 Å². The van der Waals surface area contributed by atoms with Crippen molar-refractivity contribution in [2.75, 3.05) is 6.54 Å². The molecule has 0 saturated heterocycles. The first-order chi connectivity index (χ1) is 7.59. The van der Waals surface area contributed by atoms with Crippen molar-refractivity contribution in [2.45, 2.75) is 38.0 Å². The van der Waals surface area contributed by atoms with Gasteiger partial charge in [-0.15, -0.1) is 0 Å². The standard InChI is InChI=1S/C13H18FNO/c1-9-6-10(7-11(16)12(9)14)13(8-15)4-2-3-5-13/h6-7,16H,2-5,8,15H2,1H3. The Morgan fingerprint density at radius 2 is 2.00 bits per heavy atom. The van der Waals surface area contributed by atoms with E-state index in [1.165, 1.54) is 0 Å². The molecule has 0 aromatic heterocycles. The average molecular weight is 223 g/mol. The minimum absolute atomic E-state index is 0.0457. The zero-order valence-corrected chi connectivity index (χ0v) is 9.59. The number of hydrogen-bond donors (Lipinski definition) is 2. The van der Waals surface area contributed by atoms with Gasteiger partial charge in [-0.25, -0.2) is 4.39 Å². The number of benzene rings is 1. The number of hydrogen-bond acceptors (Lipinski definition) is 2. The Kier molecular flexibility index (Phi) is 2.89. The lowest BCUT2D eigenvalue weighted by atomic mass is 9.78. The van der Waals surface area contributed by atoms with Crippen molar-refractivity contribution in [1.82, 2.24) is 0 Å². The number of aromatic hydroxyl groups is 1. The highest BCUT2D eigenvalue weighted by Gasteiger charge is 2.35. The number of halogens is 1. The Bertz CT molecular complexity index is 374. The van der Waals surface area contributed by atoms with Crippen LogP contribution in [0.4, 0.5) is 4.39 Å². The molecule has 0 unspecified atom stereocenters. The molecule has 3 heteroatoms. The fourth-order valence-electron chi connectivity index (χ4n) is 2.72. The van der Waals surface area contributed by atoms with Crippen molar-refractivity contribution in [3.05, 3.63) is 29.1 Å². The molecule has 3 N–H and O–H groups in total. The minimum atomic E-state index is -0.520. The van der Waals surface area contributed by atoms with Crippen LogP contribution in [-0.2, 0) is 5.41 Å². The van der Waals surface area contributed by atoms with Crippen molar-refractivity contribution in [1.29, 1.82) is 0 Å². The van der Waals surface area contributed by atoms with E-state index in [0.29, 0.717) is 12.1 Å². The lowest BCUT2D eigenvalue weighted by Crippen LogP contribution is -2.32. The fraction of sp³-hybridized carbons (Fsp3) is 0.538. The smallest absolute Gasteiger partial charge is 0.167 e. The van der Waals surface area contributed by atoms with Crippen molar-refractivity contribution >= 4 is 0 Å². The highest BCUT2D eigenvalue weighted by Crippen LogP contribution is 2.42. The van der Waals surface area contributed by atoms with Gasteiger partial charge in [-0.05, 0) is 37.0 Å². The number of nitrogens with two attached hydrogens (primary N) is 1.